The molecule has 0 heterocycles. The number of hydrogen-bond donors (Lipinski definition) is 0. The third kappa shape index (κ3) is 8.39. The molecule has 11 aromatic carbocycles. The van der Waals surface area contributed by atoms with Crippen molar-refractivity contribution < 1.29 is 0 Å². The largest absolute Gasteiger partial charge is 0.370 e. The Morgan fingerprint density at radius 3 is 0.941 bits per heavy atom. The molecule has 0 aliphatic carbocycles. The summed E-state index contributed by atoms with van der Waals surface area (Å²) in [7, 11) is 4.37. The maximum Gasteiger partial charge on any atom is 0.0426 e. The van der Waals surface area contributed by atoms with Gasteiger partial charge in [-0.25, -0.2) is 0 Å². The van der Waals surface area contributed by atoms with Gasteiger partial charge in [-0.05, 0) is 161 Å². The summed E-state index contributed by atoms with van der Waals surface area (Å²) in [4.78, 5) is 4.68. The minimum atomic E-state index is 0.833. The van der Waals surface area contributed by atoms with E-state index in [2.05, 4.69) is 256 Å². The van der Waals surface area contributed by atoms with Crippen LogP contribution in [0.3, 0.4) is 0 Å². The molecule has 0 saturated carbocycles. The number of benzene rings is 11. The Hall–Kier alpha value is -7.94. The molecule has 330 valence electrons. The monoisotopic (exact) mass is 876 g/mol. The number of hydrogen-bond acceptors (Lipinski definition) is 2. The predicted molar refractivity (Wildman–Crippen MR) is 292 cm³/mol. The Kier molecular flexibility index (Phi) is 11.5. The lowest BCUT2D eigenvalue weighted by atomic mass is 9.87. The highest BCUT2D eigenvalue weighted by Gasteiger charge is 2.17. The van der Waals surface area contributed by atoms with Crippen LogP contribution in [0.1, 0.15) is 44.5 Å². The average Bonchev–Trinajstić information content (AvgIpc) is 3.38. The van der Waals surface area contributed by atoms with Gasteiger partial charge in [0, 0.05) is 38.6 Å². The van der Waals surface area contributed by atoms with Gasteiger partial charge < -0.3 is 9.80 Å². The molecule has 0 fully saturated rings. The van der Waals surface area contributed by atoms with E-state index in [9.17, 15) is 0 Å². The molecule has 11 aromatic rings. The first-order valence-corrected chi connectivity index (χ1v) is 24.0. The van der Waals surface area contributed by atoms with Crippen LogP contribution >= 0.6 is 0 Å². The van der Waals surface area contributed by atoms with Crippen molar-refractivity contribution in [3.63, 3.8) is 0 Å². The molecule has 2 heteroatoms. The summed E-state index contributed by atoms with van der Waals surface area (Å²) in [6.45, 7) is 6.20. The van der Waals surface area contributed by atoms with Crippen molar-refractivity contribution in [3.05, 3.63) is 263 Å². The molecule has 2 nitrogen and oxygen atoms in total. The lowest BCUT2D eigenvalue weighted by Gasteiger charge is -2.23. The summed E-state index contributed by atoms with van der Waals surface area (Å²) in [6, 6.07) is 80.9. The van der Waals surface area contributed by atoms with Crippen LogP contribution in [0.2, 0.25) is 0 Å². The van der Waals surface area contributed by atoms with Gasteiger partial charge >= 0.3 is 0 Å². The van der Waals surface area contributed by atoms with Crippen LogP contribution in [-0.4, -0.2) is 14.1 Å². The second kappa shape index (κ2) is 18.4. The molecular weight excluding hydrogens is 821 g/mol. The van der Waals surface area contributed by atoms with Crippen molar-refractivity contribution in [1.29, 1.82) is 0 Å². The maximum absolute atomic E-state index is 2.34. The van der Waals surface area contributed by atoms with E-state index in [-0.39, 0.29) is 0 Å². The highest BCUT2D eigenvalue weighted by atomic mass is 15.1. The number of rotatable bonds is 12. The van der Waals surface area contributed by atoms with Gasteiger partial charge in [-0.1, -0.05) is 194 Å². The quantitative estimate of drug-likeness (QED) is 0.121. The third-order valence-electron chi connectivity index (χ3n) is 14.4. The molecule has 68 heavy (non-hydrogen) atoms. The normalized spacial score (nSPS) is 11.5. The van der Waals surface area contributed by atoms with E-state index in [1.54, 1.807) is 0 Å². The van der Waals surface area contributed by atoms with Crippen LogP contribution in [-0.2, 0) is 25.9 Å². The molecule has 0 atom stereocenters. The summed E-state index contributed by atoms with van der Waals surface area (Å²) < 4.78 is 0. The van der Waals surface area contributed by atoms with E-state index in [1.165, 1.54) is 121 Å². The average molecular weight is 877 g/mol. The predicted octanol–water partition coefficient (Wildman–Crippen LogP) is 16.7. The van der Waals surface area contributed by atoms with Gasteiger partial charge in [0.1, 0.15) is 0 Å². The van der Waals surface area contributed by atoms with E-state index < -0.39 is 0 Å². The molecule has 11 rings (SSSR count). The first-order chi connectivity index (χ1) is 33.3. The van der Waals surface area contributed by atoms with Crippen molar-refractivity contribution in [2.45, 2.75) is 39.8 Å². The molecule has 0 spiro atoms. The van der Waals surface area contributed by atoms with Gasteiger partial charge in [-0.15, -0.1) is 0 Å². The Morgan fingerprint density at radius 2 is 0.574 bits per heavy atom. The first-order valence-electron chi connectivity index (χ1n) is 24.0. The standard InChI is InChI=1S/C66H56N2/c1-45-57-17-9-5-13-51(57)29-37-59(45)63-39-31-53-15-7-11-19-61(53)65(63)41-47-21-25-49(26-22-47)43-67(3)55-33-35-56(36-34-55)68(4)44-50-27-23-48(24-28-50)42-66-62-20-12-8-16-54(62)32-40-64(66)60-38-30-52-14-6-10-18-58(52)46(60)2/h5-40H,41-44H2,1-4H3. The van der Waals surface area contributed by atoms with E-state index in [1.807, 2.05) is 0 Å². The van der Waals surface area contributed by atoms with Crippen molar-refractivity contribution in [1.82, 2.24) is 0 Å². The maximum atomic E-state index is 2.34. The zero-order valence-corrected chi connectivity index (χ0v) is 39.5. The molecule has 0 bridgehead atoms. The van der Waals surface area contributed by atoms with Crippen LogP contribution in [0.4, 0.5) is 11.4 Å². The second-order valence-electron chi connectivity index (χ2n) is 18.8. The minimum absolute atomic E-state index is 0.833. The smallest absolute Gasteiger partial charge is 0.0426 e. The molecule has 0 amide bonds. The molecule has 0 N–H and O–H groups in total. The third-order valence-corrected chi connectivity index (χ3v) is 14.4. The molecule has 0 aromatic heterocycles. The van der Waals surface area contributed by atoms with Crippen molar-refractivity contribution in [3.8, 4) is 22.3 Å². The summed E-state index contributed by atoms with van der Waals surface area (Å²) in [6.07, 6.45) is 1.74. The van der Waals surface area contributed by atoms with E-state index >= 15 is 0 Å². The molecule has 0 aliphatic rings. The fourth-order valence-corrected chi connectivity index (χ4v) is 10.6. The lowest BCUT2D eigenvalue weighted by Crippen LogP contribution is -2.18. The van der Waals surface area contributed by atoms with E-state index in [4.69, 9.17) is 0 Å². The zero-order chi connectivity index (χ0) is 46.1. The van der Waals surface area contributed by atoms with Crippen molar-refractivity contribution in [2.24, 2.45) is 0 Å². The number of aryl methyl sites for hydroxylation is 2. The fraction of sp³-hybridized carbons (Fsp3) is 0.121. The topological polar surface area (TPSA) is 6.48 Å². The summed E-state index contributed by atoms with van der Waals surface area (Å²) in [5.41, 5.74) is 18.3. The lowest BCUT2D eigenvalue weighted by molar-refractivity contribution is 0.910. The van der Waals surface area contributed by atoms with Crippen molar-refractivity contribution >= 4 is 54.5 Å². The number of fused-ring (bicyclic) bond motifs is 4. The Bertz CT molecular complexity index is 3360. The molecule has 0 saturated heterocycles. The summed E-state index contributed by atoms with van der Waals surface area (Å²) in [5.74, 6) is 0. The first kappa shape index (κ1) is 42.7. The second-order valence-corrected chi connectivity index (χ2v) is 18.8. The number of nitrogens with zero attached hydrogens (tertiary/aromatic N) is 2. The highest BCUT2D eigenvalue weighted by Crippen LogP contribution is 2.38. The van der Waals surface area contributed by atoms with E-state index in [0.717, 1.165) is 25.9 Å². The van der Waals surface area contributed by atoms with Crippen LogP contribution in [0.5, 0.6) is 0 Å². The van der Waals surface area contributed by atoms with Gasteiger partial charge in [0.25, 0.3) is 0 Å². The SMILES string of the molecule is Cc1c(-c2ccc3ccccc3c2Cc2ccc(CN(C)c3ccc(N(C)Cc4ccc(Cc5c(-c6ccc7ccccc7c6C)ccc6ccccc56)cc4)cc3)cc2)ccc2ccccc12. The van der Waals surface area contributed by atoms with Gasteiger partial charge in [0.15, 0.2) is 0 Å². The fourth-order valence-electron chi connectivity index (χ4n) is 10.6. The zero-order valence-electron chi connectivity index (χ0n) is 39.5. The Labute approximate surface area is 401 Å². The van der Waals surface area contributed by atoms with Gasteiger partial charge in [-0.3, -0.25) is 0 Å². The van der Waals surface area contributed by atoms with Crippen molar-refractivity contribution in [2.75, 3.05) is 23.9 Å². The Balaban J connectivity index is 0.754. The van der Waals surface area contributed by atoms with Crippen LogP contribution in [0.15, 0.2) is 218 Å². The number of anilines is 2. The minimum Gasteiger partial charge on any atom is -0.370 e. The van der Waals surface area contributed by atoms with Crippen LogP contribution < -0.4 is 9.80 Å². The molecule has 0 unspecified atom stereocenters. The van der Waals surface area contributed by atoms with Crippen LogP contribution in [0.25, 0.3) is 65.3 Å². The van der Waals surface area contributed by atoms with E-state index in [0.29, 0.717) is 0 Å². The molecular formula is C66H56N2. The van der Waals surface area contributed by atoms with Crippen LogP contribution in [0, 0.1) is 13.8 Å². The highest BCUT2D eigenvalue weighted by molar-refractivity contribution is 5.98. The Morgan fingerprint density at radius 1 is 0.279 bits per heavy atom. The van der Waals surface area contributed by atoms with Gasteiger partial charge in [0.2, 0.25) is 0 Å². The molecule has 0 aliphatic heterocycles. The summed E-state index contributed by atoms with van der Waals surface area (Å²) >= 11 is 0. The summed E-state index contributed by atoms with van der Waals surface area (Å²) in [5, 5.41) is 10.4. The van der Waals surface area contributed by atoms with Gasteiger partial charge in [-0.2, -0.15) is 0 Å². The van der Waals surface area contributed by atoms with Gasteiger partial charge in [0.05, 0.1) is 0 Å². The molecule has 0 radical (unpaired) electrons.